The van der Waals surface area contributed by atoms with Gasteiger partial charge in [-0.25, -0.2) is 23.5 Å². The molecule has 0 saturated carbocycles. The average molecular weight is 1750 g/mol. The summed E-state index contributed by atoms with van der Waals surface area (Å²) in [6, 6.07) is 31.6. The van der Waals surface area contributed by atoms with Crippen LogP contribution in [0.3, 0.4) is 0 Å². The number of hydrogen-bond donors (Lipinski definition) is 4. The van der Waals surface area contributed by atoms with Crippen molar-refractivity contribution in [3.63, 3.8) is 0 Å². The number of nitrogens with one attached hydrogen (secondary N) is 1. The fourth-order valence-corrected chi connectivity index (χ4v) is 16.9. The Labute approximate surface area is 715 Å². The number of carbonyl (C=O) groups is 3. The van der Waals surface area contributed by atoms with E-state index in [4.69, 9.17) is 78.6 Å². The number of nitrogens with zero attached hydrogens (tertiary/aromatic N) is 6. The molecule has 0 radical (unpaired) electrons. The minimum Gasteiger partial charge on any atom is -0.470 e. The Morgan fingerprint density at radius 3 is 1.44 bits per heavy atom. The number of esters is 2. The van der Waals surface area contributed by atoms with E-state index in [0.717, 1.165) is 114 Å². The number of H-pyrrole nitrogens is 1. The molecule has 3 aromatic carbocycles. The Morgan fingerprint density at radius 1 is 0.550 bits per heavy atom. The van der Waals surface area contributed by atoms with Crippen LogP contribution in [-0.2, 0) is 66.1 Å². The number of hydrogen-bond acceptors (Lipinski definition) is 25. The average Bonchev–Trinajstić information content (AvgIpc) is 1.60. The van der Waals surface area contributed by atoms with Crippen LogP contribution in [0, 0.1) is 23.5 Å². The van der Waals surface area contributed by atoms with Crippen molar-refractivity contribution in [3.05, 3.63) is 113 Å². The van der Waals surface area contributed by atoms with Crippen LogP contribution in [0.1, 0.15) is 153 Å². The molecule has 4 aromatic heterocycles. The molecule has 17 rings (SSSR count). The lowest BCUT2D eigenvalue weighted by Gasteiger charge is -2.33. The molecule has 10 aliphatic heterocycles. The summed E-state index contributed by atoms with van der Waals surface area (Å²) in [6.45, 7) is 30.7. The van der Waals surface area contributed by atoms with Gasteiger partial charge in [-0.3, -0.25) is 14.2 Å². The molecule has 120 heavy (non-hydrogen) atoms. The van der Waals surface area contributed by atoms with E-state index in [2.05, 4.69) is 154 Å². The molecular formula is C87H116B2BrClF2N8O19. The van der Waals surface area contributed by atoms with Crippen LogP contribution in [0.2, 0.25) is 0 Å². The fourth-order valence-electron chi connectivity index (χ4n) is 16.5. The summed E-state index contributed by atoms with van der Waals surface area (Å²) in [6.07, 6.45) is 6.29. The number of carbonyl (C=O) groups excluding carboxylic acids is 3. The van der Waals surface area contributed by atoms with Gasteiger partial charge < -0.3 is 102 Å². The predicted octanol–water partition coefficient (Wildman–Crippen LogP) is 12.4. The van der Waals surface area contributed by atoms with Crippen molar-refractivity contribution in [3.8, 4) is 23.0 Å². The highest BCUT2D eigenvalue weighted by molar-refractivity contribution is 9.10. The number of aromatic nitrogens is 4. The minimum absolute atomic E-state index is 0.0669. The molecule has 10 saturated heterocycles. The maximum Gasteiger partial charge on any atom is 0.494 e. The van der Waals surface area contributed by atoms with Gasteiger partial charge in [0.2, 0.25) is 0 Å². The van der Waals surface area contributed by atoms with Crippen molar-refractivity contribution in [1.82, 2.24) is 19.5 Å². The zero-order chi connectivity index (χ0) is 85.4. The second-order valence-electron chi connectivity index (χ2n) is 34.1. The van der Waals surface area contributed by atoms with Crippen molar-refractivity contribution in [2.75, 3.05) is 107 Å². The number of aliphatic hydroxyl groups is 2. The number of rotatable bonds is 18. The first-order valence-electron chi connectivity index (χ1n) is 42.4. The number of ether oxygens (including phenoxy) is 10. The predicted molar refractivity (Wildman–Crippen MR) is 457 cm³/mol. The highest BCUT2D eigenvalue weighted by atomic mass is 79.9. The highest BCUT2D eigenvalue weighted by Crippen LogP contribution is 2.42. The maximum absolute atomic E-state index is 15.1. The Hall–Kier alpha value is -7.27. The van der Waals surface area contributed by atoms with Crippen LogP contribution in [-0.4, -0.2) is 231 Å². The molecule has 7 aromatic rings. The van der Waals surface area contributed by atoms with Crippen LogP contribution in [0.25, 0.3) is 33.3 Å². The second-order valence-corrected chi connectivity index (χ2v) is 35.2. The van der Waals surface area contributed by atoms with Gasteiger partial charge in [-0.2, -0.15) is 0 Å². The standard InChI is InChI=1S/C28H32FN3O6.C21H32BNO4.C18H20BrFN2O5.C17H27BN2O2.C3H5ClO2/c1-2-35-25(34)11-16-7-9-32(10-8-16)18-5-3-17(4-6-18)26-19(29)12-20-21(31-26)13-24(30-20)38-23-15-37-27-22(33)14-36-28(23)27;1-6-25-19(24)15-16-11-13-23(14-12-16)18-9-7-17(8-10-18)22-26-20(2,3)21(4,5)27-22;19-18-9(20)5-11-10(21-18)6-15(22(11)14-3-1-2-4-24-14)27-13-8-26-16-12(23)7-25-17(13)16;1-16(2)17(3,4)22-18(21-16)13-5-7-15(8-6-13)20-11-9-14(19)10-12-20;1-2-6-3(4)5/h3-6,12-13,16,22-23,27-28,30,33H,2,7-11,14-15H2,1H3;7-10,16H,6,11-15H2,1-5H3;5-6,12-14,16-17,23H,1-4,7-8H2;5-8,14H,9-12,19H2,1-4H3;2H2,1H3/t22-,23-,27-,28-;;12-,13-,14?,16-,17-;;/m1.1../s1. The van der Waals surface area contributed by atoms with Crippen molar-refractivity contribution in [1.29, 1.82) is 0 Å². The molecule has 33 heteroatoms. The number of fused-ring (bicyclic) bond motifs is 4. The fraction of sp³-hybridized carbons (Fsp3) is 0.598. The smallest absolute Gasteiger partial charge is 0.470 e. The Kier molecular flexibility index (Phi) is 29.9. The van der Waals surface area contributed by atoms with Crippen LogP contribution in [0.4, 0.5) is 30.6 Å². The zero-order valence-electron chi connectivity index (χ0n) is 70.6. The summed E-state index contributed by atoms with van der Waals surface area (Å²) in [5.74, 6) is 0.732. The number of pyridine rings is 2. The summed E-state index contributed by atoms with van der Waals surface area (Å²) in [7, 11) is -0.604. The molecule has 0 spiro atoms. The molecule has 10 aliphatic rings. The molecule has 1 unspecified atom stereocenters. The molecule has 9 atom stereocenters. The molecule has 5 N–H and O–H groups in total. The van der Waals surface area contributed by atoms with Gasteiger partial charge in [0.25, 0.3) is 0 Å². The van der Waals surface area contributed by atoms with Gasteiger partial charge in [0.15, 0.2) is 35.6 Å². The third kappa shape index (κ3) is 21.7. The van der Waals surface area contributed by atoms with Gasteiger partial charge in [-0.1, -0.05) is 36.4 Å². The van der Waals surface area contributed by atoms with E-state index < -0.39 is 29.3 Å². The Bertz CT molecular complexity index is 4530. The van der Waals surface area contributed by atoms with Crippen molar-refractivity contribution < 1.29 is 99.4 Å². The summed E-state index contributed by atoms with van der Waals surface area (Å²) in [5.41, 5.74) is 13.0. The van der Waals surface area contributed by atoms with Crippen molar-refractivity contribution in [2.24, 2.45) is 17.6 Å². The SMILES string of the molecule is CC1(C)OB(c2ccc(N3CCC(N)CC3)cc2)OC1(C)C.CCOC(=O)CC1CCN(c2ccc(-c3nc4cc(O[C@@H]5CO[C@H]6[C@@H]5OC[C@H]6O)[nH]c4cc3F)cc2)CC1.CCOC(=O)CC1CCN(c2ccc(B3OC(C)(C)C(C)(C)O3)cc2)CC1.CCOC(=O)Cl.O[C@@H]1CO[C@H]2[C@@H]1OC[C@H]2Oc1cc2nc(Br)c(F)cc2n1C1CCCCO1. The Balaban J connectivity index is 0.000000137. The third-order valence-electron chi connectivity index (χ3n) is 24.8. The monoisotopic (exact) mass is 1750 g/mol. The summed E-state index contributed by atoms with van der Waals surface area (Å²) >= 11 is 7.86. The molecular weight excluding hydrogens is 1640 g/mol. The lowest BCUT2D eigenvalue weighted by molar-refractivity contribution is -0.145. The molecule has 0 amide bonds. The number of halogens is 4. The number of aliphatic hydroxyl groups excluding tert-OH is 2. The van der Waals surface area contributed by atoms with Crippen molar-refractivity contribution in [2.45, 2.75) is 230 Å². The summed E-state index contributed by atoms with van der Waals surface area (Å²) in [4.78, 5) is 52.0. The summed E-state index contributed by atoms with van der Waals surface area (Å²) < 4.78 is 111. The molecule has 27 nitrogen and oxygen atoms in total. The van der Waals surface area contributed by atoms with E-state index in [-0.39, 0.29) is 115 Å². The quantitative estimate of drug-likeness (QED) is 0.0204. The van der Waals surface area contributed by atoms with Crippen LogP contribution in [0.5, 0.6) is 11.8 Å². The minimum atomic E-state index is -0.738. The summed E-state index contributed by atoms with van der Waals surface area (Å²) in [5, 5.41) is 19.9. The number of aromatic amines is 1. The topological polar surface area (TPSA) is 303 Å². The molecule has 652 valence electrons. The lowest BCUT2D eigenvalue weighted by atomic mass is 9.79. The largest absolute Gasteiger partial charge is 0.494 e. The molecule has 0 aliphatic carbocycles. The molecule has 14 heterocycles. The van der Waals surface area contributed by atoms with E-state index in [9.17, 15) is 29.0 Å². The van der Waals surface area contributed by atoms with E-state index in [1.165, 1.54) is 23.5 Å². The molecule has 0 bridgehead atoms. The van der Waals surface area contributed by atoms with Gasteiger partial charge in [-0.15, -0.1) is 0 Å². The van der Waals surface area contributed by atoms with Gasteiger partial charge in [-0.05, 0) is 209 Å². The van der Waals surface area contributed by atoms with Crippen LogP contribution < -0.4 is 40.8 Å². The van der Waals surface area contributed by atoms with Gasteiger partial charge >= 0.3 is 31.6 Å². The van der Waals surface area contributed by atoms with Gasteiger partial charge in [0.05, 0.1) is 90.7 Å². The normalized spacial score (nSPS) is 25.6. The lowest BCUT2D eigenvalue weighted by Crippen LogP contribution is -2.41. The maximum atomic E-state index is 15.1. The molecule has 10 fully saturated rings. The number of piperidine rings is 3. The first-order chi connectivity index (χ1) is 57.4. The number of benzene rings is 3. The number of nitrogens with two attached hydrogens (primary N) is 1. The zero-order valence-corrected chi connectivity index (χ0v) is 72.9. The first kappa shape index (κ1) is 90.5. The van der Waals surface area contributed by atoms with Crippen molar-refractivity contribution >= 4 is 109 Å². The number of anilines is 3. The first-order valence-corrected chi connectivity index (χ1v) is 43.5. The van der Waals surface area contributed by atoms with E-state index in [1.807, 2.05) is 42.7 Å². The Morgan fingerprint density at radius 2 is 1.00 bits per heavy atom. The van der Waals surface area contributed by atoms with Crippen LogP contribution >= 0.6 is 27.5 Å². The van der Waals surface area contributed by atoms with Gasteiger partial charge in [0.1, 0.15) is 53.1 Å². The van der Waals surface area contributed by atoms with Gasteiger partial charge in [0, 0.05) is 123 Å². The van der Waals surface area contributed by atoms with E-state index in [0.29, 0.717) is 110 Å². The highest BCUT2D eigenvalue weighted by Gasteiger charge is 2.54. The second kappa shape index (κ2) is 39.7. The van der Waals surface area contributed by atoms with Crippen LogP contribution in [0.15, 0.2) is 102 Å². The van der Waals surface area contributed by atoms with E-state index in [1.54, 1.807) is 19.1 Å². The van der Waals surface area contributed by atoms with E-state index >= 15 is 4.39 Å². The third-order valence-corrected chi connectivity index (χ3v) is 25.5.